The van der Waals surface area contributed by atoms with Crippen molar-refractivity contribution in [2.75, 3.05) is 12.5 Å². The number of ether oxygens (including phenoxy) is 1. The van der Waals surface area contributed by atoms with E-state index in [1.807, 2.05) is 18.7 Å². The Balaban J connectivity index is 2.27. The molecule has 0 aromatic carbocycles. The first-order chi connectivity index (χ1) is 7.52. The van der Waals surface area contributed by atoms with Crippen LogP contribution in [-0.4, -0.2) is 34.6 Å². The van der Waals surface area contributed by atoms with Crippen LogP contribution in [0.3, 0.4) is 0 Å². The first-order valence-electron chi connectivity index (χ1n) is 6.05. The molecule has 92 valence electrons. The van der Waals surface area contributed by atoms with E-state index in [-0.39, 0.29) is 17.3 Å². The van der Waals surface area contributed by atoms with Crippen molar-refractivity contribution < 1.29 is 9.53 Å². The van der Waals surface area contributed by atoms with Crippen molar-refractivity contribution in [3.63, 3.8) is 0 Å². The molecule has 0 atom stereocenters. The fraction of sp³-hybridized carbons (Fsp3) is 0.917. The third kappa shape index (κ3) is 1.84. The van der Waals surface area contributed by atoms with E-state index >= 15 is 0 Å². The lowest BCUT2D eigenvalue weighted by molar-refractivity contribution is -0.148. The lowest BCUT2D eigenvalue weighted by Crippen LogP contribution is -2.56. The molecule has 1 amide bonds. The maximum Gasteiger partial charge on any atom is 0.240 e. The molecule has 1 spiro atoms. The van der Waals surface area contributed by atoms with Gasteiger partial charge in [0.25, 0.3) is 0 Å². The zero-order valence-corrected chi connectivity index (χ0v) is 10.8. The highest BCUT2D eigenvalue weighted by Gasteiger charge is 2.53. The van der Waals surface area contributed by atoms with Crippen molar-refractivity contribution in [1.82, 2.24) is 4.90 Å². The van der Waals surface area contributed by atoms with Crippen molar-refractivity contribution in [2.45, 2.75) is 57.2 Å². The molecular weight excluding hydrogens is 226 g/mol. The number of nitrogens with zero attached hydrogens (tertiary/aromatic N) is 1. The molecule has 2 aliphatic rings. The Morgan fingerprint density at radius 1 is 1.31 bits per heavy atom. The van der Waals surface area contributed by atoms with E-state index in [0.29, 0.717) is 6.61 Å². The summed E-state index contributed by atoms with van der Waals surface area (Å²) in [6, 6.07) is 0. The standard InChI is InChI=1S/C12H20ClNO2/c1-11(2)14(10(15)8-13)12(9-16-11)6-4-3-5-7-12/h3-9H2,1-2H3. The molecule has 2 fully saturated rings. The molecule has 3 nitrogen and oxygen atoms in total. The van der Waals surface area contributed by atoms with Crippen LogP contribution >= 0.6 is 11.6 Å². The quantitative estimate of drug-likeness (QED) is 0.665. The maximum absolute atomic E-state index is 12.0. The fourth-order valence-corrected chi connectivity index (χ4v) is 3.33. The van der Waals surface area contributed by atoms with Gasteiger partial charge in [0.1, 0.15) is 11.6 Å². The minimum absolute atomic E-state index is 0.00562. The van der Waals surface area contributed by atoms with E-state index in [4.69, 9.17) is 16.3 Å². The second-order valence-electron chi connectivity index (χ2n) is 5.38. The molecule has 1 aliphatic heterocycles. The summed E-state index contributed by atoms with van der Waals surface area (Å²) in [5, 5.41) is 0. The van der Waals surface area contributed by atoms with Gasteiger partial charge >= 0.3 is 0 Å². The van der Waals surface area contributed by atoms with Crippen molar-refractivity contribution in [3.05, 3.63) is 0 Å². The van der Waals surface area contributed by atoms with Gasteiger partial charge in [0.05, 0.1) is 12.1 Å². The van der Waals surface area contributed by atoms with Crippen LogP contribution in [-0.2, 0) is 9.53 Å². The second-order valence-corrected chi connectivity index (χ2v) is 5.65. The minimum Gasteiger partial charge on any atom is -0.354 e. The Morgan fingerprint density at radius 3 is 2.50 bits per heavy atom. The minimum atomic E-state index is -0.497. The van der Waals surface area contributed by atoms with E-state index < -0.39 is 5.72 Å². The molecule has 2 rings (SSSR count). The SMILES string of the molecule is CC1(C)OCC2(CCCCC2)N1C(=O)CCl. The van der Waals surface area contributed by atoms with Crippen molar-refractivity contribution in [3.8, 4) is 0 Å². The summed E-state index contributed by atoms with van der Waals surface area (Å²) < 4.78 is 5.82. The number of alkyl halides is 1. The first-order valence-corrected chi connectivity index (χ1v) is 6.58. The third-order valence-electron chi connectivity index (χ3n) is 3.85. The summed E-state index contributed by atoms with van der Waals surface area (Å²) >= 11 is 5.71. The lowest BCUT2D eigenvalue weighted by Gasteiger charge is -2.44. The molecule has 0 N–H and O–H groups in total. The summed E-state index contributed by atoms with van der Waals surface area (Å²) in [5.41, 5.74) is -0.572. The number of carbonyl (C=O) groups excluding carboxylic acids is 1. The van der Waals surface area contributed by atoms with E-state index in [1.165, 1.54) is 19.3 Å². The van der Waals surface area contributed by atoms with Crippen LogP contribution in [0.2, 0.25) is 0 Å². The van der Waals surface area contributed by atoms with Gasteiger partial charge in [0.2, 0.25) is 5.91 Å². The van der Waals surface area contributed by atoms with Crippen LogP contribution in [0, 0.1) is 0 Å². The molecule has 0 radical (unpaired) electrons. The van der Waals surface area contributed by atoms with Gasteiger partial charge in [-0.2, -0.15) is 0 Å². The van der Waals surface area contributed by atoms with Crippen LogP contribution in [0.15, 0.2) is 0 Å². The van der Waals surface area contributed by atoms with Gasteiger partial charge in [-0.3, -0.25) is 4.79 Å². The normalized spacial score (nSPS) is 27.3. The molecule has 0 aromatic heterocycles. The van der Waals surface area contributed by atoms with Crippen LogP contribution in [0.4, 0.5) is 0 Å². The van der Waals surface area contributed by atoms with E-state index in [0.717, 1.165) is 12.8 Å². The number of halogens is 1. The van der Waals surface area contributed by atoms with Crippen LogP contribution in [0.1, 0.15) is 46.0 Å². The molecule has 0 bridgehead atoms. The van der Waals surface area contributed by atoms with E-state index in [9.17, 15) is 4.79 Å². The smallest absolute Gasteiger partial charge is 0.240 e. The number of rotatable bonds is 1. The van der Waals surface area contributed by atoms with Crippen molar-refractivity contribution in [2.24, 2.45) is 0 Å². The molecule has 16 heavy (non-hydrogen) atoms. The molecule has 0 unspecified atom stereocenters. The summed E-state index contributed by atoms with van der Waals surface area (Å²) in [6.07, 6.45) is 5.75. The molecule has 1 heterocycles. The molecule has 1 aliphatic carbocycles. The molecule has 0 aromatic rings. The van der Waals surface area contributed by atoms with Gasteiger partial charge in [-0.15, -0.1) is 11.6 Å². The van der Waals surface area contributed by atoms with Crippen molar-refractivity contribution in [1.29, 1.82) is 0 Å². The largest absolute Gasteiger partial charge is 0.354 e. The van der Waals surface area contributed by atoms with Gasteiger partial charge in [-0.1, -0.05) is 19.3 Å². The summed E-state index contributed by atoms with van der Waals surface area (Å²) in [4.78, 5) is 13.9. The average molecular weight is 246 g/mol. The molecule has 1 saturated carbocycles. The van der Waals surface area contributed by atoms with Crippen LogP contribution < -0.4 is 0 Å². The maximum atomic E-state index is 12.0. The number of amides is 1. The Labute approximate surface area is 102 Å². The lowest BCUT2D eigenvalue weighted by atomic mass is 9.81. The zero-order chi connectivity index (χ0) is 11.8. The van der Waals surface area contributed by atoms with Gasteiger partial charge in [-0.05, 0) is 26.7 Å². The second kappa shape index (κ2) is 4.19. The van der Waals surface area contributed by atoms with Gasteiger partial charge in [0, 0.05) is 0 Å². The third-order valence-corrected chi connectivity index (χ3v) is 4.08. The zero-order valence-electron chi connectivity index (χ0n) is 10.1. The van der Waals surface area contributed by atoms with Gasteiger partial charge < -0.3 is 9.64 Å². The van der Waals surface area contributed by atoms with Crippen molar-refractivity contribution >= 4 is 17.5 Å². The molecule has 4 heteroatoms. The summed E-state index contributed by atoms with van der Waals surface area (Å²) in [7, 11) is 0. The highest BCUT2D eigenvalue weighted by atomic mass is 35.5. The highest BCUT2D eigenvalue weighted by Crippen LogP contribution is 2.44. The Hall–Kier alpha value is -0.280. The Morgan fingerprint density at radius 2 is 1.94 bits per heavy atom. The monoisotopic (exact) mass is 245 g/mol. The molecule has 1 saturated heterocycles. The molecular formula is C12H20ClNO2. The van der Waals surface area contributed by atoms with Gasteiger partial charge in [0.15, 0.2) is 0 Å². The number of carbonyl (C=O) groups is 1. The topological polar surface area (TPSA) is 29.5 Å². The van der Waals surface area contributed by atoms with Crippen LogP contribution in [0.25, 0.3) is 0 Å². The number of hydrogen-bond donors (Lipinski definition) is 0. The Bertz CT molecular complexity index is 285. The predicted molar refractivity (Wildman–Crippen MR) is 63.4 cm³/mol. The fourth-order valence-electron chi connectivity index (χ4n) is 3.21. The first kappa shape index (κ1) is 12.2. The highest BCUT2D eigenvalue weighted by molar-refractivity contribution is 6.27. The van der Waals surface area contributed by atoms with Crippen LogP contribution in [0.5, 0.6) is 0 Å². The average Bonchev–Trinajstić information content (AvgIpc) is 2.51. The van der Waals surface area contributed by atoms with Gasteiger partial charge in [-0.25, -0.2) is 0 Å². The Kier molecular flexibility index (Phi) is 3.19. The predicted octanol–water partition coefficient (Wildman–Crippen LogP) is 2.52. The summed E-state index contributed by atoms with van der Waals surface area (Å²) in [5.74, 6) is 0.0558. The number of hydrogen-bond acceptors (Lipinski definition) is 2. The van der Waals surface area contributed by atoms with E-state index in [2.05, 4.69) is 0 Å². The summed E-state index contributed by atoms with van der Waals surface area (Å²) in [6.45, 7) is 4.59. The van der Waals surface area contributed by atoms with E-state index in [1.54, 1.807) is 0 Å².